The predicted molar refractivity (Wildman–Crippen MR) is 78.9 cm³/mol. The number of carbonyl (C=O) groups is 1. The summed E-state index contributed by atoms with van der Waals surface area (Å²) in [5.74, 6) is 0. The molecule has 0 spiro atoms. The van der Waals surface area contributed by atoms with Crippen LogP contribution in [-0.2, 0) is 0 Å². The van der Waals surface area contributed by atoms with E-state index in [1.54, 1.807) is 24.3 Å². The van der Waals surface area contributed by atoms with Crippen molar-refractivity contribution >= 4 is 17.4 Å². The molecular formula is C15H19N3O. The number of anilines is 2. The fraction of sp³-hybridized carbons (Fsp3) is 0.267. The predicted octanol–water partition coefficient (Wildman–Crippen LogP) is 3.06. The number of nitrogens with two attached hydrogens (primary N) is 1. The van der Waals surface area contributed by atoms with Crippen molar-refractivity contribution in [1.29, 1.82) is 0 Å². The summed E-state index contributed by atoms with van der Waals surface area (Å²) >= 11 is 0. The third-order valence-corrected chi connectivity index (χ3v) is 3.31. The molecule has 2 amide bonds. The van der Waals surface area contributed by atoms with Crippen LogP contribution >= 0.6 is 0 Å². The summed E-state index contributed by atoms with van der Waals surface area (Å²) in [5.41, 5.74) is 6.73. The quantitative estimate of drug-likeness (QED) is 0.728. The molecule has 0 radical (unpaired) electrons. The monoisotopic (exact) mass is 257 g/mol. The van der Waals surface area contributed by atoms with Crippen molar-refractivity contribution in [3.63, 3.8) is 0 Å². The Labute approximate surface area is 113 Å². The number of amides is 2. The molecule has 1 aromatic carbocycles. The lowest BCUT2D eigenvalue weighted by atomic mass is 9.89. The number of benzene rings is 1. The van der Waals surface area contributed by atoms with Crippen LogP contribution in [0.5, 0.6) is 0 Å². The second-order valence-corrected chi connectivity index (χ2v) is 4.70. The molecule has 0 aliphatic heterocycles. The van der Waals surface area contributed by atoms with Gasteiger partial charge in [-0.1, -0.05) is 31.2 Å². The van der Waals surface area contributed by atoms with E-state index < -0.39 is 0 Å². The molecule has 100 valence electrons. The summed E-state index contributed by atoms with van der Waals surface area (Å²) < 4.78 is 0. The molecule has 0 saturated heterocycles. The van der Waals surface area contributed by atoms with Crippen LogP contribution in [0.15, 0.2) is 48.6 Å². The molecule has 0 unspecified atom stereocenters. The van der Waals surface area contributed by atoms with Crippen LogP contribution in [0.1, 0.15) is 19.8 Å². The number of nitrogen functional groups attached to an aromatic ring is 1. The lowest BCUT2D eigenvalue weighted by Crippen LogP contribution is -2.48. The maximum absolute atomic E-state index is 12.0. The van der Waals surface area contributed by atoms with E-state index in [-0.39, 0.29) is 11.6 Å². The molecule has 1 aliphatic carbocycles. The third-order valence-electron chi connectivity index (χ3n) is 3.31. The lowest BCUT2D eigenvalue weighted by molar-refractivity contribution is 0.242. The molecule has 0 aromatic heterocycles. The van der Waals surface area contributed by atoms with Gasteiger partial charge in [0.05, 0.1) is 5.54 Å². The average molecular weight is 257 g/mol. The zero-order valence-corrected chi connectivity index (χ0v) is 11.0. The van der Waals surface area contributed by atoms with Gasteiger partial charge in [0.2, 0.25) is 0 Å². The summed E-state index contributed by atoms with van der Waals surface area (Å²) in [6.45, 7) is 2.06. The van der Waals surface area contributed by atoms with Gasteiger partial charge in [-0.25, -0.2) is 4.79 Å². The highest BCUT2D eigenvalue weighted by atomic mass is 16.2. The van der Waals surface area contributed by atoms with Gasteiger partial charge in [-0.2, -0.15) is 0 Å². The van der Waals surface area contributed by atoms with Gasteiger partial charge in [0.15, 0.2) is 0 Å². The molecule has 4 heteroatoms. The van der Waals surface area contributed by atoms with Crippen molar-refractivity contribution < 1.29 is 4.79 Å². The Hall–Kier alpha value is -2.23. The lowest BCUT2D eigenvalue weighted by Gasteiger charge is -2.31. The van der Waals surface area contributed by atoms with E-state index in [9.17, 15) is 4.79 Å². The molecule has 1 aromatic rings. The number of hydrogen-bond acceptors (Lipinski definition) is 2. The summed E-state index contributed by atoms with van der Waals surface area (Å²) in [7, 11) is 0. The first-order valence-electron chi connectivity index (χ1n) is 6.43. The van der Waals surface area contributed by atoms with Gasteiger partial charge in [-0.05, 0) is 37.1 Å². The largest absolute Gasteiger partial charge is 0.399 e. The van der Waals surface area contributed by atoms with E-state index >= 15 is 0 Å². The van der Waals surface area contributed by atoms with E-state index in [0.29, 0.717) is 5.69 Å². The molecule has 4 N–H and O–H groups in total. The fourth-order valence-electron chi connectivity index (χ4n) is 2.06. The average Bonchev–Trinajstić information content (AvgIpc) is 2.42. The first-order valence-corrected chi connectivity index (χ1v) is 6.43. The minimum absolute atomic E-state index is 0.202. The highest BCUT2D eigenvalue weighted by molar-refractivity contribution is 5.90. The van der Waals surface area contributed by atoms with E-state index in [2.05, 4.69) is 23.6 Å². The molecule has 19 heavy (non-hydrogen) atoms. The minimum atomic E-state index is -0.285. The maximum atomic E-state index is 12.0. The smallest absolute Gasteiger partial charge is 0.319 e. The molecule has 2 rings (SSSR count). The Bertz CT molecular complexity index is 505. The topological polar surface area (TPSA) is 67.2 Å². The molecule has 0 heterocycles. The second-order valence-electron chi connectivity index (χ2n) is 4.70. The van der Waals surface area contributed by atoms with Gasteiger partial charge >= 0.3 is 6.03 Å². The van der Waals surface area contributed by atoms with Crippen molar-refractivity contribution in [3.05, 3.63) is 48.6 Å². The summed E-state index contributed by atoms with van der Waals surface area (Å²) in [6.07, 6.45) is 9.73. The zero-order valence-electron chi connectivity index (χ0n) is 11.0. The minimum Gasteiger partial charge on any atom is -0.399 e. The number of allylic oxidation sites excluding steroid dienone is 2. The van der Waals surface area contributed by atoms with Crippen LogP contribution in [0.3, 0.4) is 0 Å². The fourth-order valence-corrected chi connectivity index (χ4v) is 2.06. The molecule has 0 saturated carbocycles. The highest BCUT2D eigenvalue weighted by Crippen LogP contribution is 2.21. The standard InChI is InChI=1S/C15H19N3O/c1-2-15(10-4-3-5-11-15)18-14(19)17-13-8-6-12(16)7-9-13/h3-10H,2,11,16H2,1H3,(H2,17,18,19)/t15-/m0/s1. The summed E-state index contributed by atoms with van der Waals surface area (Å²) in [4.78, 5) is 12.0. The second kappa shape index (κ2) is 5.61. The van der Waals surface area contributed by atoms with Gasteiger partial charge in [-0.15, -0.1) is 0 Å². The van der Waals surface area contributed by atoms with Gasteiger partial charge in [-0.3, -0.25) is 0 Å². The molecule has 4 nitrogen and oxygen atoms in total. The van der Waals surface area contributed by atoms with Crippen LogP contribution in [0, 0.1) is 0 Å². The summed E-state index contributed by atoms with van der Waals surface area (Å²) in [6, 6.07) is 6.88. The van der Waals surface area contributed by atoms with Crippen LogP contribution < -0.4 is 16.4 Å². The Morgan fingerprint density at radius 2 is 2.05 bits per heavy atom. The SMILES string of the molecule is CC[C@]1(NC(=O)Nc2ccc(N)cc2)C=CC=CC1. The first-order chi connectivity index (χ1) is 9.13. The van der Waals surface area contributed by atoms with E-state index in [0.717, 1.165) is 18.5 Å². The number of carbonyl (C=O) groups excluding carboxylic acids is 1. The maximum Gasteiger partial charge on any atom is 0.319 e. The number of hydrogen-bond donors (Lipinski definition) is 3. The van der Waals surface area contributed by atoms with Gasteiger partial charge < -0.3 is 16.4 Å². The Kier molecular flexibility index (Phi) is 3.90. The van der Waals surface area contributed by atoms with Crippen molar-refractivity contribution in [2.24, 2.45) is 0 Å². The first kappa shape index (κ1) is 13.2. The van der Waals surface area contributed by atoms with Crippen molar-refractivity contribution in [2.45, 2.75) is 25.3 Å². The van der Waals surface area contributed by atoms with Crippen LogP contribution in [0.2, 0.25) is 0 Å². The van der Waals surface area contributed by atoms with E-state index in [1.807, 2.05) is 18.2 Å². The van der Waals surface area contributed by atoms with Crippen LogP contribution in [0.4, 0.5) is 16.2 Å². The van der Waals surface area contributed by atoms with Crippen molar-refractivity contribution in [1.82, 2.24) is 5.32 Å². The molecule has 1 atom stereocenters. The van der Waals surface area contributed by atoms with Gasteiger partial charge in [0.1, 0.15) is 0 Å². The van der Waals surface area contributed by atoms with Gasteiger partial charge in [0, 0.05) is 11.4 Å². The van der Waals surface area contributed by atoms with E-state index in [1.165, 1.54) is 0 Å². The highest BCUT2D eigenvalue weighted by Gasteiger charge is 2.26. The molecular weight excluding hydrogens is 238 g/mol. The number of urea groups is 1. The third kappa shape index (κ3) is 3.37. The van der Waals surface area contributed by atoms with Gasteiger partial charge in [0.25, 0.3) is 0 Å². The Balaban J connectivity index is 1.99. The molecule has 0 fully saturated rings. The number of nitrogens with one attached hydrogen (secondary N) is 2. The summed E-state index contributed by atoms with van der Waals surface area (Å²) in [5, 5.41) is 5.84. The number of rotatable bonds is 3. The van der Waals surface area contributed by atoms with Crippen LogP contribution in [-0.4, -0.2) is 11.6 Å². The Morgan fingerprint density at radius 1 is 1.32 bits per heavy atom. The zero-order chi connectivity index (χ0) is 13.7. The van der Waals surface area contributed by atoms with Crippen molar-refractivity contribution in [2.75, 3.05) is 11.1 Å². The van der Waals surface area contributed by atoms with Crippen LogP contribution in [0.25, 0.3) is 0 Å². The molecule has 1 aliphatic rings. The van der Waals surface area contributed by atoms with Crippen molar-refractivity contribution in [3.8, 4) is 0 Å². The normalized spacial score (nSPS) is 21.1. The molecule has 0 bridgehead atoms. The Morgan fingerprint density at radius 3 is 2.63 bits per heavy atom. The van der Waals surface area contributed by atoms with E-state index in [4.69, 9.17) is 5.73 Å².